The predicted molar refractivity (Wildman–Crippen MR) is 105 cm³/mol. The minimum Gasteiger partial charge on any atom is -0.467 e. The number of piperidine rings is 1. The molecule has 28 heavy (non-hydrogen) atoms. The van der Waals surface area contributed by atoms with Crippen molar-refractivity contribution in [3.63, 3.8) is 0 Å². The molecular formula is C22H26N2O4. The highest BCUT2D eigenvalue weighted by Crippen LogP contribution is 2.21. The molecule has 0 aromatic heterocycles. The van der Waals surface area contributed by atoms with Gasteiger partial charge in [-0.15, -0.1) is 0 Å². The zero-order valence-corrected chi connectivity index (χ0v) is 16.0. The lowest BCUT2D eigenvalue weighted by Gasteiger charge is -2.37. The van der Waals surface area contributed by atoms with E-state index in [0.717, 1.165) is 18.5 Å². The molecule has 0 radical (unpaired) electrons. The molecule has 1 saturated heterocycles. The van der Waals surface area contributed by atoms with Crippen molar-refractivity contribution in [3.05, 3.63) is 71.8 Å². The van der Waals surface area contributed by atoms with Crippen molar-refractivity contribution in [2.24, 2.45) is 0 Å². The SMILES string of the molecule is COC(=O)[C@H]1C[C@H](NCc2ccccc2)CCN1C(=O)OCc1ccccc1. The second-order valence-electron chi connectivity index (χ2n) is 6.86. The number of carbonyl (C=O) groups excluding carboxylic acids is 2. The van der Waals surface area contributed by atoms with Gasteiger partial charge >= 0.3 is 12.1 Å². The number of esters is 1. The minimum absolute atomic E-state index is 0.127. The summed E-state index contributed by atoms with van der Waals surface area (Å²) in [7, 11) is 1.34. The van der Waals surface area contributed by atoms with E-state index in [1.807, 2.05) is 48.5 Å². The average molecular weight is 382 g/mol. The monoisotopic (exact) mass is 382 g/mol. The van der Waals surface area contributed by atoms with Gasteiger partial charge in [0.05, 0.1) is 7.11 Å². The van der Waals surface area contributed by atoms with E-state index in [-0.39, 0.29) is 12.6 Å². The van der Waals surface area contributed by atoms with E-state index in [2.05, 4.69) is 17.4 Å². The van der Waals surface area contributed by atoms with Crippen molar-refractivity contribution in [2.75, 3.05) is 13.7 Å². The van der Waals surface area contributed by atoms with Crippen LogP contribution in [0.3, 0.4) is 0 Å². The molecule has 0 spiro atoms. The molecule has 1 aliphatic heterocycles. The highest BCUT2D eigenvalue weighted by molar-refractivity contribution is 5.81. The maximum Gasteiger partial charge on any atom is 0.410 e. The van der Waals surface area contributed by atoms with Crippen LogP contribution in [-0.4, -0.2) is 42.7 Å². The van der Waals surface area contributed by atoms with Gasteiger partial charge in [-0.3, -0.25) is 4.90 Å². The average Bonchev–Trinajstić information content (AvgIpc) is 2.76. The molecule has 1 N–H and O–H groups in total. The smallest absolute Gasteiger partial charge is 0.410 e. The van der Waals surface area contributed by atoms with Gasteiger partial charge in [0.1, 0.15) is 12.6 Å². The van der Waals surface area contributed by atoms with E-state index in [0.29, 0.717) is 13.0 Å². The van der Waals surface area contributed by atoms with Crippen molar-refractivity contribution in [1.82, 2.24) is 10.2 Å². The molecule has 0 aliphatic carbocycles. The summed E-state index contributed by atoms with van der Waals surface area (Å²) in [6.45, 7) is 1.34. The Morgan fingerprint density at radius 1 is 1.04 bits per heavy atom. The Bertz CT molecular complexity index is 767. The number of hydrogen-bond donors (Lipinski definition) is 1. The summed E-state index contributed by atoms with van der Waals surface area (Å²) in [5, 5.41) is 3.48. The fourth-order valence-electron chi connectivity index (χ4n) is 3.39. The Hall–Kier alpha value is -2.86. The summed E-state index contributed by atoms with van der Waals surface area (Å²) in [4.78, 5) is 26.3. The molecule has 0 unspecified atom stereocenters. The predicted octanol–water partition coefficient (Wildman–Crippen LogP) is 3.12. The Morgan fingerprint density at radius 2 is 1.68 bits per heavy atom. The van der Waals surface area contributed by atoms with Crippen molar-refractivity contribution >= 4 is 12.1 Å². The van der Waals surface area contributed by atoms with Gasteiger partial charge < -0.3 is 14.8 Å². The molecule has 1 amide bonds. The first-order chi connectivity index (χ1) is 13.7. The highest BCUT2D eigenvalue weighted by Gasteiger charge is 2.37. The Balaban J connectivity index is 1.57. The van der Waals surface area contributed by atoms with Crippen LogP contribution in [0.15, 0.2) is 60.7 Å². The van der Waals surface area contributed by atoms with E-state index in [1.165, 1.54) is 17.6 Å². The van der Waals surface area contributed by atoms with Crippen LogP contribution in [0.2, 0.25) is 0 Å². The number of likely N-dealkylation sites (tertiary alicyclic amines) is 1. The molecule has 148 valence electrons. The first kappa shape index (κ1) is 19.9. The van der Waals surface area contributed by atoms with Crippen molar-refractivity contribution < 1.29 is 19.1 Å². The molecule has 2 aromatic carbocycles. The van der Waals surface area contributed by atoms with Gasteiger partial charge in [-0.05, 0) is 24.0 Å². The number of nitrogens with one attached hydrogen (secondary N) is 1. The van der Waals surface area contributed by atoms with E-state index in [1.54, 1.807) is 0 Å². The van der Waals surface area contributed by atoms with Crippen LogP contribution in [-0.2, 0) is 27.4 Å². The summed E-state index contributed by atoms with van der Waals surface area (Å²) in [5.41, 5.74) is 2.09. The van der Waals surface area contributed by atoms with Gasteiger partial charge in [-0.2, -0.15) is 0 Å². The number of carbonyl (C=O) groups is 2. The first-order valence-electron chi connectivity index (χ1n) is 9.50. The van der Waals surface area contributed by atoms with Crippen LogP contribution in [0.4, 0.5) is 4.79 Å². The fraction of sp³-hybridized carbons (Fsp3) is 0.364. The van der Waals surface area contributed by atoms with Crippen LogP contribution in [0.1, 0.15) is 24.0 Å². The molecule has 6 heteroatoms. The molecule has 3 rings (SSSR count). The van der Waals surface area contributed by atoms with Gasteiger partial charge in [0.25, 0.3) is 0 Å². The minimum atomic E-state index is -0.643. The van der Waals surface area contributed by atoms with E-state index in [9.17, 15) is 9.59 Å². The highest BCUT2D eigenvalue weighted by atomic mass is 16.6. The number of methoxy groups -OCH3 is 1. The number of rotatable bonds is 6. The maximum atomic E-state index is 12.6. The molecule has 0 bridgehead atoms. The summed E-state index contributed by atoms with van der Waals surface area (Å²) in [5.74, 6) is -0.414. The molecule has 1 heterocycles. The lowest BCUT2D eigenvalue weighted by atomic mass is 9.97. The van der Waals surface area contributed by atoms with Gasteiger partial charge in [-0.1, -0.05) is 60.7 Å². The maximum absolute atomic E-state index is 12.6. The third kappa shape index (κ3) is 5.33. The van der Waals surface area contributed by atoms with Crippen molar-refractivity contribution in [1.29, 1.82) is 0 Å². The molecule has 2 atom stereocenters. The van der Waals surface area contributed by atoms with Crippen LogP contribution in [0.5, 0.6) is 0 Å². The Morgan fingerprint density at radius 3 is 2.32 bits per heavy atom. The third-order valence-electron chi connectivity index (χ3n) is 4.95. The number of nitrogens with zero attached hydrogens (tertiary/aromatic N) is 1. The zero-order chi connectivity index (χ0) is 19.8. The topological polar surface area (TPSA) is 67.9 Å². The van der Waals surface area contributed by atoms with Crippen LogP contribution in [0, 0.1) is 0 Å². The standard InChI is InChI=1S/C22H26N2O4/c1-27-21(25)20-14-19(23-15-17-8-4-2-5-9-17)12-13-24(20)22(26)28-16-18-10-6-3-7-11-18/h2-11,19-20,23H,12-16H2,1H3/t19-,20-/m1/s1. The van der Waals surface area contributed by atoms with Gasteiger partial charge in [0.15, 0.2) is 0 Å². The number of amides is 1. The Kier molecular flexibility index (Phi) is 7.03. The van der Waals surface area contributed by atoms with E-state index in [4.69, 9.17) is 9.47 Å². The molecular weight excluding hydrogens is 356 g/mol. The van der Waals surface area contributed by atoms with Crippen LogP contribution >= 0.6 is 0 Å². The summed E-state index contributed by atoms with van der Waals surface area (Å²) in [6, 6.07) is 19.1. The molecule has 1 fully saturated rings. The second kappa shape index (κ2) is 9.90. The Labute approximate surface area is 165 Å². The fourth-order valence-corrected chi connectivity index (χ4v) is 3.39. The second-order valence-corrected chi connectivity index (χ2v) is 6.86. The van der Waals surface area contributed by atoms with Gasteiger partial charge in [0.2, 0.25) is 0 Å². The largest absolute Gasteiger partial charge is 0.467 e. The molecule has 0 saturated carbocycles. The molecule has 2 aromatic rings. The van der Waals surface area contributed by atoms with Crippen LogP contribution < -0.4 is 5.32 Å². The normalized spacial score (nSPS) is 19.1. The van der Waals surface area contributed by atoms with Crippen molar-refractivity contribution in [2.45, 2.75) is 38.1 Å². The van der Waals surface area contributed by atoms with E-state index < -0.39 is 18.1 Å². The first-order valence-corrected chi connectivity index (χ1v) is 9.50. The quantitative estimate of drug-likeness (QED) is 0.778. The van der Waals surface area contributed by atoms with Crippen LogP contribution in [0.25, 0.3) is 0 Å². The lowest BCUT2D eigenvalue weighted by molar-refractivity contribution is -0.148. The van der Waals surface area contributed by atoms with Gasteiger partial charge in [0, 0.05) is 19.1 Å². The molecule has 1 aliphatic rings. The van der Waals surface area contributed by atoms with Crippen molar-refractivity contribution in [3.8, 4) is 0 Å². The molecule has 6 nitrogen and oxygen atoms in total. The number of ether oxygens (including phenoxy) is 2. The van der Waals surface area contributed by atoms with Gasteiger partial charge in [-0.25, -0.2) is 9.59 Å². The van der Waals surface area contributed by atoms with E-state index >= 15 is 0 Å². The third-order valence-corrected chi connectivity index (χ3v) is 4.95. The summed E-state index contributed by atoms with van der Waals surface area (Å²) >= 11 is 0. The number of benzene rings is 2. The summed E-state index contributed by atoms with van der Waals surface area (Å²) in [6.07, 6.45) is 0.765. The summed E-state index contributed by atoms with van der Waals surface area (Å²) < 4.78 is 10.3. The number of hydrogen-bond acceptors (Lipinski definition) is 5. The zero-order valence-electron chi connectivity index (χ0n) is 16.0. The lowest BCUT2D eigenvalue weighted by Crippen LogP contribution is -2.54.